The van der Waals surface area contributed by atoms with E-state index in [-0.39, 0.29) is 60.0 Å². The van der Waals surface area contributed by atoms with Gasteiger partial charge >= 0.3 is 11.9 Å². The number of hydrogen-bond donors (Lipinski definition) is 0. The maximum absolute atomic E-state index is 14.1. The predicted octanol–water partition coefficient (Wildman–Crippen LogP) is 12.2. The van der Waals surface area contributed by atoms with Crippen molar-refractivity contribution in [2.24, 2.45) is 0 Å². The first-order valence-electron chi connectivity index (χ1n) is 23.8. The molecular formula is C54H64O10. The first-order chi connectivity index (χ1) is 31.0. The predicted molar refractivity (Wildman–Crippen MR) is 259 cm³/mol. The van der Waals surface area contributed by atoms with Gasteiger partial charge in [0.15, 0.2) is 21.7 Å². The highest BCUT2D eigenvalue weighted by molar-refractivity contribution is 6.35. The minimum Gasteiger partial charge on any atom is -0.493 e. The third kappa shape index (κ3) is 11.5. The Hall–Kier alpha value is -5.64. The van der Waals surface area contributed by atoms with Gasteiger partial charge in [0.05, 0.1) is 18.6 Å². The van der Waals surface area contributed by atoms with Gasteiger partial charge in [-0.25, -0.2) is 0 Å². The Bertz CT molecular complexity index is 2630. The SMILES string of the molecule is CCCCCCCCCCCCOc1cc2c(OC(C)=O)cc3c(=O)ccc(=O)c3c2c2c1c(OCCCCCCCCCCCC)cc1c(OC(C)=O)cc3c(=O)ccc(=O)c3c12. The van der Waals surface area contributed by atoms with Crippen molar-refractivity contribution in [2.45, 2.75) is 156 Å². The van der Waals surface area contributed by atoms with Crippen LogP contribution in [0.4, 0.5) is 0 Å². The van der Waals surface area contributed by atoms with Crippen LogP contribution in [0.1, 0.15) is 156 Å². The number of carbonyl (C=O) groups excluding carboxylic acids is 2. The molecule has 0 aliphatic heterocycles. The number of unbranched alkanes of at least 4 members (excludes halogenated alkanes) is 18. The van der Waals surface area contributed by atoms with Crippen molar-refractivity contribution in [1.82, 2.24) is 0 Å². The van der Waals surface area contributed by atoms with Gasteiger partial charge < -0.3 is 18.9 Å². The van der Waals surface area contributed by atoms with Gasteiger partial charge in [-0.15, -0.1) is 0 Å². The fourth-order valence-corrected chi connectivity index (χ4v) is 9.10. The maximum atomic E-state index is 14.1. The smallest absolute Gasteiger partial charge is 0.308 e. The summed E-state index contributed by atoms with van der Waals surface area (Å²) in [5, 5.41) is 1.75. The van der Waals surface area contributed by atoms with E-state index < -0.39 is 33.7 Å². The highest BCUT2D eigenvalue weighted by atomic mass is 16.5. The lowest BCUT2D eigenvalue weighted by molar-refractivity contribution is -0.132. The van der Waals surface area contributed by atoms with E-state index in [2.05, 4.69) is 13.8 Å². The Morgan fingerprint density at radius 2 is 0.672 bits per heavy atom. The number of fused-ring (bicyclic) bond motifs is 9. The van der Waals surface area contributed by atoms with Crippen LogP contribution in [0.2, 0.25) is 0 Å². The van der Waals surface area contributed by atoms with Crippen molar-refractivity contribution >= 4 is 65.8 Å². The molecule has 0 aromatic heterocycles. The molecule has 0 radical (unpaired) electrons. The van der Waals surface area contributed by atoms with Gasteiger partial charge in [-0.1, -0.05) is 129 Å². The summed E-state index contributed by atoms with van der Waals surface area (Å²) in [6.07, 6.45) is 22.8. The Morgan fingerprint density at radius 1 is 0.359 bits per heavy atom. The first kappa shape index (κ1) is 47.8. The number of ether oxygens (including phenoxy) is 4. The molecule has 0 atom stereocenters. The van der Waals surface area contributed by atoms with Crippen molar-refractivity contribution in [1.29, 1.82) is 0 Å². The molecule has 0 unspecified atom stereocenters. The van der Waals surface area contributed by atoms with E-state index in [1.54, 1.807) is 12.1 Å². The van der Waals surface area contributed by atoms with Crippen LogP contribution in [-0.4, -0.2) is 25.2 Å². The molecule has 10 nitrogen and oxygen atoms in total. The van der Waals surface area contributed by atoms with Crippen molar-refractivity contribution in [3.63, 3.8) is 0 Å². The van der Waals surface area contributed by atoms with Gasteiger partial charge in [-0.05, 0) is 61.4 Å². The zero-order valence-corrected chi connectivity index (χ0v) is 38.3. The molecule has 64 heavy (non-hydrogen) atoms. The average molecular weight is 873 g/mol. The van der Waals surface area contributed by atoms with Crippen molar-refractivity contribution in [2.75, 3.05) is 13.2 Å². The number of rotatable bonds is 26. The quantitative estimate of drug-likeness (QED) is 0.0224. The van der Waals surface area contributed by atoms with Crippen LogP contribution in [-0.2, 0) is 9.59 Å². The van der Waals surface area contributed by atoms with E-state index in [0.29, 0.717) is 30.1 Å². The molecular weight excluding hydrogens is 809 g/mol. The number of carbonyl (C=O) groups is 2. The molecule has 0 heterocycles. The van der Waals surface area contributed by atoms with E-state index >= 15 is 0 Å². The Labute approximate surface area is 374 Å². The normalized spacial score (nSPS) is 11.6. The minimum atomic E-state index is -0.654. The Morgan fingerprint density at radius 3 is 1.02 bits per heavy atom. The Balaban J connectivity index is 1.55. The molecule has 0 fully saturated rings. The first-order valence-corrected chi connectivity index (χ1v) is 23.8. The molecule has 0 bridgehead atoms. The monoisotopic (exact) mass is 872 g/mol. The second kappa shape index (κ2) is 23.3. The van der Waals surface area contributed by atoms with Crippen LogP contribution >= 0.6 is 0 Å². The molecule has 340 valence electrons. The lowest BCUT2D eigenvalue weighted by Gasteiger charge is -2.21. The number of esters is 2. The van der Waals surface area contributed by atoms with Crippen LogP contribution in [0.3, 0.4) is 0 Å². The minimum absolute atomic E-state index is 0.00808. The third-order valence-corrected chi connectivity index (χ3v) is 12.3. The van der Waals surface area contributed by atoms with E-state index in [4.69, 9.17) is 18.9 Å². The summed E-state index contributed by atoms with van der Waals surface area (Å²) in [6.45, 7) is 7.59. The summed E-state index contributed by atoms with van der Waals surface area (Å²) in [5.74, 6) is -0.598. The molecule has 6 rings (SSSR count). The standard InChI is InChI=1S/C54H64O10/c1-5-7-9-11-13-15-17-19-21-23-29-61-47-33-39-45(63-35(3)55)31-37-41(57)25-27-43(59)49(37)51(39)54-52-40(46(64-36(4)56)32-38-42(58)26-28-44(60)50(38)52)34-48(53(47)54)62-30-24-22-20-18-16-14-12-10-8-6-2/h25-28,31-34H,5-24,29-30H2,1-4H3. The fraction of sp³-hybridized carbons (Fsp3) is 0.481. The summed E-state index contributed by atoms with van der Waals surface area (Å²) in [6, 6.07) is 10.9. The van der Waals surface area contributed by atoms with Gasteiger partial charge in [0.25, 0.3) is 0 Å². The zero-order chi connectivity index (χ0) is 45.6. The van der Waals surface area contributed by atoms with E-state index in [9.17, 15) is 28.8 Å². The van der Waals surface area contributed by atoms with Crippen LogP contribution in [0.15, 0.2) is 67.7 Å². The maximum Gasteiger partial charge on any atom is 0.308 e. The topological polar surface area (TPSA) is 139 Å². The van der Waals surface area contributed by atoms with E-state index in [1.807, 2.05) is 0 Å². The fourth-order valence-electron chi connectivity index (χ4n) is 9.10. The molecule has 0 N–H and O–H groups in total. The van der Waals surface area contributed by atoms with Crippen LogP contribution < -0.4 is 40.7 Å². The highest BCUT2D eigenvalue weighted by Gasteiger charge is 2.26. The largest absolute Gasteiger partial charge is 0.493 e. The average Bonchev–Trinajstić information content (AvgIpc) is 3.26. The molecule has 0 saturated heterocycles. The summed E-state index contributed by atoms with van der Waals surface area (Å²) in [5.41, 5.74) is -1.92. The molecule has 6 aromatic rings. The lowest BCUT2D eigenvalue weighted by Crippen LogP contribution is -2.13. The molecule has 6 aromatic carbocycles. The van der Waals surface area contributed by atoms with Gasteiger partial charge in [0.1, 0.15) is 23.0 Å². The summed E-state index contributed by atoms with van der Waals surface area (Å²) in [7, 11) is 0. The van der Waals surface area contributed by atoms with Gasteiger partial charge in [0, 0.05) is 62.3 Å². The molecule has 0 aliphatic rings. The molecule has 0 amide bonds. The third-order valence-electron chi connectivity index (χ3n) is 12.3. The van der Waals surface area contributed by atoms with Gasteiger partial charge in [0.2, 0.25) is 0 Å². The van der Waals surface area contributed by atoms with E-state index in [0.717, 1.165) is 51.4 Å². The zero-order valence-electron chi connectivity index (χ0n) is 38.3. The second-order valence-corrected chi connectivity index (χ2v) is 17.3. The molecule has 0 aliphatic carbocycles. The summed E-state index contributed by atoms with van der Waals surface area (Å²) < 4.78 is 25.0. The number of hydrogen-bond acceptors (Lipinski definition) is 10. The van der Waals surface area contributed by atoms with E-state index in [1.165, 1.54) is 127 Å². The van der Waals surface area contributed by atoms with Crippen molar-refractivity contribution in [3.8, 4) is 23.0 Å². The summed E-state index contributed by atoms with van der Waals surface area (Å²) in [4.78, 5) is 80.8. The van der Waals surface area contributed by atoms with Crippen molar-refractivity contribution < 1.29 is 28.5 Å². The molecule has 0 spiro atoms. The van der Waals surface area contributed by atoms with Crippen molar-refractivity contribution in [3.05, 3.63) is 89.4 Å². The van der Waals surface area contributed by atoms with Crippen LogP contribution in [0, 0.1) is 0 Å². The van der Waals surface area contributed by atoms with Gasteiger partial charge in [-0.3, -0.25) is 28.8 Å². The Kier molecular flexibility index (Phi) is 17.4. The van der Waals surface area contributed by atoms with Crippen LogP contribution in [0.25, 0.3) is 53.9 Å². The summed E-state index contributed by atoms with van der Waals surface area (Å²) >= 11 is 0. The molecule has 10 heteroatoms. The number of benzene rings is 6. The van der Waals surface area contributed by atoms with Gasteiger partial charge in [-0.2, -0.15) is 0 Å². The second-order valence-electron chi connectivity index (χ2n) is 17.3. The van der Waals surface area contributed by atoms with Crippen LogP contribution in [0.5, 0.6) is 23.0 Å². The lowest BCUT2D eigenvalue weighted by atomic mass is 9.88. The highest BCUT2D eigenvalue weighted by Crippen LogP contribution is 2.50. The molecule has 0 saturated carbocycles.